The van der Waals surface area contributed by atoms with Crippen LogP contribution in [0.25, 0.3) is 0 Å². The number of rotatable bonds is 5. The zero-order valence-corrected chi connectivity index (χ0v) is 11.4. The second kappa shape index (κ2) is 6.51. The van der Waals surface area contributed by atoms with E-state index in [0.29, 0.717) is 5.75 Å². The summed E-state index contributed by atoms with van der Waals surface area (Å²) >= 11 is 0. The van der Waals surface area contributed by atoms with Gasteiger partial charge in [-0.25, -0.2) is 0 Å². The first kappa shape index (κ1) is 14.5. The van der Waals surface area contributed by atoms with Crippen molar-refractivity contribution < 1.29 is 14.5 Å². The first-order valence-corrected chi connectivity index (χ1v) is 6.26. The molecule has 0 unspecified atom stereocenters. The van der Waals surface area contributed by atoms with Crippen LogP contribution in [0.1, 0.15) is 5.56 Å². The largest absolute Gasteiger partial charge is 0.497 e. The van der Waals surface area contributed by atoms with E-state index >= 15 is 0 Å². The van der Waals surface area contributed by atoms with E-state index in [1.54, 1.807) is 43.5 Å². The number of hydrogen-bond acceptors (Lipinski definition) is 4. The van der Waals surface area contributed by atoms with Crippen molar-refractivity contribution in [3.8, 4) is 5.75 Å². The molecule has 0 saturated heterocycles. The van der Waals surface area contributed by atoms with Crippen molar-refractivity contribution in [3.63, 3.8) is 0 Å². The van der Waals surface area contributed by atoms with E-state index in [2.05, 4.69) is 5.32 Å². The van der Waals surface area contributed by atoms with Crippen LogP contribution in [-0.4, -0.2) is 17.9 Å². The summed E-state index contributed by atoms with van der Waals surface area (Å²) in [6, 6.07) is 13.1. The molecule has 1 N–H and O–H groups in total. The molecule has 2 rings (SSSR count). The van der Waals surface area contributed by atoms with E-state index in [4.69, 9.17) is 4.74 Å². The molecule has 0 radical (unpaired) electrons. The van der Waals surface area contributed by atoms with Gasteiger partial charge in [0.1, 0.15) is 11.4 Å². The summed E-state index contributed by atoms with van der Waals surface area (Å²) in [4.78, 5) is 22.3. The number of amides is 1. The van der Waals surface area contributed by atoms with Gasteiger partial charge in [-0.15, -0.1) is 0 Å². The SMILES string of the molecule is COc1ccc(CC(=O)Nc2ccccc2[N+](=O)[O-])cc1. The summed E-state index contributed by atoms with van der Waals surface area (Å²) < 4.78 is 5.04. The Kier molecular flexibility index (Phi) is 4.50. The van der Waals surface area contributed by atoms with Gasteiger partial charge in [0.05, 0.1) is 18.5 Å². The van der Waals surface area contributed by atoms with Gasteiger partial charge in [-0.05, 0) is 23.8 Å². The van der Waals surface area contributed by atoms with Crippen molar-refractivity contribution >= 4 is 17.3 Å². The molecular weight excluding hydrogens is 272 g/mol. The van der Waals surface area contributed by atoms with Crippen LogP contribution >= 0.6 is 0 Å². The number of carbonyl (C=O) groups is 1. The number of anilines is 1. The Hall–Kier alpha value is -2.89. The number of nitrogens with one attached hydrogen (secondary N) is 1. The monoisotopic (exact) mass is 286 g/mol. The molecule has 2 aromatic carbocycles. The lowest BCUT2D eigenvalue weighted by Crippen LogP contribution is -2.15. The molecule has 1 amide bonds. The summed E-state index contributed by atoms with van der Waals surface area (Å²) in [6.07, 6.45) is 0.135. The Labute approximate surface area is 121 Å². The molecule has 6 nitrogen and oxygen atoms in total. The van der Waals surface area contributed by atoms with Crippen LogP contribution in [0.4, 0.5) is 11.4 Å². The van der Waals surface area contributed by atoms with Crippen molar-refractivity contribution in [1.82, 2.24) is 0 Å². The standard InChI is InChI=1S/C15H14N2O4/c1-21-12-8-6-11(7-9-12)10-15(18)16-13-4-2-3-5-14(13)17(19)20/h2-9H,10H2,1H3,(H,16,18). The van der Waals surface area contributed by atoms with Gasteiger partial charge in [-0.1, -0.05) is 24.3 Å². The van der Waals surface area contributed by atoms with Gasteiger partial charge >= 0.3 is 0 Å². The number of para-hydroxylation sites is 2. The van der Waals surface area contributed by atoms with Crippen LogP contribution in [0.3, 0.4) is 0 Å². The molecule has 108 valence electrons. The van der Waals surface area contributed by atoms with E-state index in [1.807, 2.05) is 0 Å². The highest BCUT2D eigenvalue weighted by atomic mass is 16.6. The highest BCUT2D eigenvalue weighted by molar-refractivity contribution is 5.94. The Morgan fingerprint density at radius 2 is 1.86 bits per heavy atom. The summed E-state index contributed by atoms with van der Waals surface area (Å²) in [6.45, 7) is 0. The molecule has 6 heteroatoms. The van der Waals surface area contributed by atoms with Gasteiger partial charge in [0.25, 0.3) is 5.69 Å². The van der Waals surface area contributed by atoms with Gasteiger partial charge in [0, 0.05) is 6.07 Å². The lowest BCUT2D eigenvalue weighted by atomic mass is 10.1. The normalized spacial score (nSPS) is 9.95. The first-order chi connectivity index (χ1) is 10.1. The third-order valence-electron chi connectivity index (χ3n) is 2.90. The Morgan fingerprint density at radius 3 is 2.48 bits per heavy atom. The lowest BCUT2D eigenvalue weighted by molar-refractivity contribution is -0.383. The van der Waals surface area contributed by atoms with Crippen LogP contribution in [0, 0.1) is 10.1 Å². The predicted molar refractivity (Wildman–Crippen MR) is 78.4 cm³/mol. The summed E-state index contributed by atoms with van der Waals surface area (Å²) in [5.74, 6) is 0.396. The van der Waals surface area contributed by atoms with Crippen molar-refractivity contribution in [2.24, 2.45) is 0 Å². The number of carbonyl (C=O) groups excluding carboxylic acids is 1. The van der Waals surface area contributed by atoms with Gasteiger partial charge in [-0.3, -0.25) is 14.9 Å². The Bertz CT molecular complexity index is 653. The minimum Gasteiger partial charge on any atom is -0.497 e. The number of nitrogens with zero attached hydrogens (tertiary/aromatic N) is 1. The van der Waals surface area contributed by atoms with Crippen molar-refractivity contribution in [2.75, 3.05) is 12.4 Å². The summed E-state index contributed by atoms with van der Waals surface area (Å²) in [5, 5.41) is 13.4. The molecule has 21 heavy (non-hydrogen) atoms. The van der Waals surface area contributed by atoms with Gasteiger partial charge < -0.3 is 10.1 Å². The minimum absolute atomic E-state index is 0.124. The van der Waals surface area contributed by atoms with Gasteiger partial charge in [0.2, 0.25) is 5.91 Å². The van der Waals surface area contributed by atoms with Crippen LogP contribution in [0.5, 0.6) is 5.75 Å². The number of nitro groups is 1. The minimum atomic E-state index is -0.525. The number of hydrogen-bond donors (Lipinski definition) is 1. The number of ether oxygens (including phenoxy) is 1. The molecule has 0 aromatic heterocycles. The average molecular weight is 286 g/mol. The fourth-order valence-electron chi connectivity index (χ4n) is 1.86. The topological polar surface area (TPSA) is 81.5 Å². The van der Waals surface area contributed by atoms with E-state index in [0.717, 1.165) is 5.56 Å². The molecule has 0 saturated carbocycles. The first-order valence-electron chi connectivity index (χ1n) is 6.26. The Balaban J connectivity index is 2.06. The molecule has 0 heterocycles. The molecule has 2 aromatic rings. The van der Waals surface area contributed by atoms with E-state index in [1.165, 1.54) is 12.1 Å². The second-order valence-electron chi connectivity index (χ2n) is 4.35. The average Bonchev–Trinajstić information content (AvgIpc) is 2.48. The Morgan fingerprint density at radius 1 is 1.19 bits per heavy atom. The number of methoxy groups -OCH3 is 1. The van der Waals surface area contributed by atoms with Crippen molar-refractivity contribution in [3.05, 3.63) is 64.2 Å². The lowest BCUT2D eigenvalue weighted by Gasteiger charge is -2.06. The third kappa shape index (κ3) is 3.79. The van der Waals surface area contributed by atoms with Crippen LogP contribution in [0.15, 0.2) is 48.5 Å². The van der Waals surface area contributed by atoms with Gasteiger partial charge in [0.15, 0.2) is 0 Å². The third-order valence-corrected chi connectivity index (χ3v) is 2.90. The van der Waals surface area contributed by atoms with E-state index < -0.39 is 4.92 Å². The molecular formula is C15H14N2O4. The van der Waals surface area contributed by atoms with Gasteiger partial charge in [-0.2, -0.15) is 0 Å². The number of nitro benzene ring substituents is 1. The fraction of sp³-hybridized carbons (Fsp3) is 0.133. The number of benzene rings is 2. The molecule has 0 atom stereocenters. The van der Waals surface area contributed by atoms with E-state index in [9.17, 15) is 14.9 Å². The molecule has 0 spiro atoms. The molecule has 0 aliphatic rings. The highest BCUT2D eigenvalue weighted by Gasteiger charge is 2.14. The predicted octanol–water partition coefficient (Wildman–Crippen LogP) is 2.78. The fourth-order valence-corrected chi connectivity index (χ4v) is 1.86. The smallest absolute Gasteiger partial charge is 0.292 e. The van der Waals surface area contributed by atoms with Crippen LogP contribution in [-0.2, 0) is 11.2 Å². The maximum absolute atomic E-state index is 11.9. The maximum Gasteiger partial charge on any atom is 0.292 e. The zero-order chi connectivity index (χ0) is 15.2. The van der Waals surface area contributed by atoms with Crippen molar-refractivity contribution in [2.45, 2.75) is 6.42 Å². The molecule has 0 bridgehead atoms. The molecule has 0 aliphatic heterocycles. The van der Waals surface area contributed by atoms with Crippen molar-refractivity contribution in [1.29, 1.82) is 0 Å². The molecule has 0 fully saturated rings. The summed E-state index contributed by atoms with van der Waals surface area (Å²) in [7, 11) is 1.57. The van der Waals surface area contributed by atoms with E-state index in [-0.39, 0.29) is 23.7 Å². The zero-order valence-electron chi connectivity index (χ0n) is 11.4. The van der Waals surface area contributed by atoms with Crippen LogP contribution < -0.4 is 10.1 Å². The quantitative estimate of drug-likeness (QED) is 0.677. The maximum atomic E-state index is 11.9. The second-order valence-corrected chi connectivity index (χ2v) is 4.35. The highest BCUT2D eigenvalue weighted by Crippen LogP contribution is 2.23. The summed E-state index contributed by atoms with van der Waals surface area (Å²) in [5.41, 5.74) is 0.869. The molecule has 0 aliphatic carbocycles. The van der Waals surface area contributed by atoms with Crippen LogP contribution in [0.2, 0.25) is 0 Å².